The zero-order valence-electron chi connectivity index (χ0n) is 10.6. The van der Waals surface area contributed by atoms with E-state index in [9.17, 15) is 8.42 Å². The van der Waals surface area contributed by atoms with Crippen molar-refractivity contribution in [1.82, 2.24) is 0 Å². The van der Waals surface area contributed by atoms with E-state index in [1.54, 1.807) is 11.4 Å². The first-order chi connectivity index (χ1) is 10.0. The van der Waals surface area contributed by atoms with Gasteiger partial charge in [0.25, 0.3) is 10.0 Å². The fourth-order valence-corrected chi connectivity index (χ4v) is 5.24. The average molecular weight is 356 g/mol. The summed E-state index contributed by atoms with van der Waals surface area (Å²) in [6, 6.07) is 14.7. The Morgan fingerprint density at radius 2 is 1.81 bits per heavy atom. The first-order valence-electron chi connectivity index (χ1n) is 5.97. The Morgan fingerprint density at radius 3 is 2.48 bits per heavy atom. The lowest BCUT2D eigenvalue weighted by atomic mass is 10.2. The number of anilines is 1. The van der Waals surface area contributed by atoms with Gasteiger partial charge < -0.3 is 0 Å². The van der Waals surface area contributed by atoms with Crippen LogP contribution >= 0.6 is 34.3 Å². The van der Waals surface area contributed by atoms with Crippen LogP contribution in [0.3, 0.4) is 0 Å². The molecule has 0 spiro atoms. The maximum absolute atomic E-state index is 12.2. The Morgan fingerprint density at radius 1 is 1.05 bits per heavy atom. The molecule has 0 saturated carbocycles. The van der Waals surface area contributed by atoms with E-state index in [1.165, 1.54) is 17.4 Å². The topological polar surface area (TPSA) is 46.2 Å². The zero-order chi connectivity index (χ0) is 14.9. The van der Waals surface area contributed by atoms with Crippen molar-refractivity contribution < 1.29 is 8.42 Å². The number of hydrogen-bond acceptors (Lipinski definition) is 4. The Kier molecular flexibility index (Phi) is 4.03. The third-order valence-corrected chi connectivity index (χ3v) is 6.81. The van der Waals surface area contributed by atoms with E-state index in [4.69, 9.17) is 11.6 Å². The van der Waals surface area contributed by atoms with Crippen molar-refractivity contribution in [3.63, 3.8) is 0 Å². The van der Waals surface area contributed by atoms with Gasteiger partial charge in [-0.3, -0.25) is 4.72 Å². The molecule has 1 N–H and O–H groups in total. The second kappa shape index (κ2) is 5.81. The van der Waals surface area contributed by atoms with Gasteiger partial charge in [0.15, 0.2) is 0 Å². The summed E-state index contributed by atoms with van der Waals surface area (Å²) >= 11 is 8.31. The molecule has 2 heterocycles. The quantitative estimate of drug-likeness (QED) is 0.721. The summed E-state index contributed by atoms with van der Waals surface area (Å²) in [4.78, 5) is 1.01. The minimum Gasteiger partial charge on any atom is -0.278 e. The maximum atomic E-state index is 12.2. The van der Waals surface area contributed by atoms with Gasteiger partial charge in [0, 0.05) is 10.3 Å². The normalized spacial score (nSPS) is 11.5. The Balaban J connectivity index is 1.85. The Hall–Kier alpha value is -1.34. The minimum absolute atomic E-state index is 0.208. The van der Waals surface area contributed by atoms with Crippen LogP contribution < -0.4 is 4.72 Å². The standard InChI is InChI=1S/C14H10ClNO2S3/c15-13-6-7-14(20-13)21(17,18)16-11-8-12(19-9-11)10-4-2-1-3-5-10/h1-9,16H. The van der Waals surface area contributed by atoms with Crippen LogP contribution in [-0.2, 0) is 10.0 Å². The Bertz CT molecular complexity index is 853. The van der Waals surface area contributed by atoms with E-state index < -0.39 is 10.0 Å². The number of halogens is 1. The van der Waals surface area contributed by atoms with Crippen molar-refractivity contribution in [2.45, 2.75) is 4.21 Å². The van der Waals surface area contributed by atoms with Crippen molar-refractivity contribution in [2.24, 2.45) is 0 Å². The summed E-state index contributed by atoms with van der Waals surface area (Å²) in [5, 5.41) is 1.79. The number of thiophene rings is 2. The van der Waals surface area contributed by atoms with Crippen LogP contribution in [0.1, 0.15) is 0 Å². The number of benzene rings is 1. The largest absolute Gasteiger partial charge is 0.278 e. The molecule has 2 aromatic heterocycles. The molecule has 3 aromatic rings. The first-order valence-corrected chi connectivity index (χ1v) is 9.52. The molecule has 0 saturated heterocycles. The molecule has 0 aliphatic carbocycles. The maximum Gasteiger partial charge on any atom is 0.271 e. The minimum atomic E-state index is -3.57. The summed E-state index contributed by atoms with van der Waals surface area (Å²) in [7, 11) is -3.57. The molecule has 1 aromatic carbocycles. The van der Waals surface area contributed by atoms with Gasteiger partial charge in [-0.1, -0.05) is 41.9 Å². The summed E-state index contributed by atoms with van der Waals surface area (Å²) in [5.41, 5.74) is 1.62. The number of sulfonamides is 1. The van der Waals surface area contributed by atoms with E-state index in [0.717, 1.165) is 21.8 Å². The van der Waals surface area contributed by atoms with Gasteiger partial charge in [-0.05, 0) is 23.8 Å². The molecule has 108 valence electrons. The highest BCUT2D eigenvalue weighted by atomic mass is 35.5. The summed E-state index contributed by atoms with van der Waals surface area (Å²) in [6.45, 7) is 0. The summed E-state index contributed by atoms with van der Waals surface area (Å²) in [5.74, 6) is 0. The fourth-order valence-electron chi connectivity index (χ4n) is 1.79. The molecule has 0 atom stereocenters. The van der Waals surface area contributed by atoms with E-state index in [-0.39, 0.29) is 4.21 Å². The van der Waals surface area contributed by atoms with Gasteiger partial charge in [-0.25, -0.2) is 8.42 Å². The van der Waals surface area contributed by atoms with Gasteiger partial charge in [0.05, 0.1) is 10.0 Å². The van der Waals surface area contributed by atoms with Crippen molar-refractivity contribution in [3.05, 3.63) is 58.2 Å². The van der Waals surface area contributed by atoms with Gasteiger partial charge in [0.1, 0.15) is 4.21 Å². The van der Waals surface area contributed by atoms with Gasteiger partial charge >= 0.3 is 0 Å². The van der Waals surface area contributed by atoms with Gasteiger partial charge in [-0.2, -0.15) is 0 Å². The second-order valence-corrected chi connectivity index (χ2v) is 8.77. The molecule has 0 amide bonds. The molecule has 0 aliphatic rings. The Labute approximate surface area is 135 Å². The van der Waals surface area contributed by atoms with Crippen molar-refractivity contribution >= 4 is 50.0 Å². The van der Waals surface area contributed by atoms with E-state index in [2.05, 4.69) is 4.72 Å². The third kappa shape index (κ3) is 3.29. The van der Waals surface area contributed by atoms with Crippen LogP contribution in [0, 0.1) is 0 Å². The SMILES string of the molecule is O=S(=O)(Nc1csc(-c2ccccc2)c1)c1ccc(Cl)s1. The van der Waals surface area contributed by atoms with Crippen LogP contribution in [-0.4, -0.2) is 8.42 Å². The van der Waals surface area contributed by atoms with Crippen LogP contribution in [0.4, 0.5) is 5.69 Å². The molecule has 3 rings (SSSR count). The second-order valence-electron chi connectivity index (χ2n) is 4.23. The number of nitrogens with one attached hydrogen (secondary N) is 1. The molecule has 21 heavy (non-hydrogen) atoms. The number of rotatable bonds is 4. The highest BCUT2D eigenvalue weighted by molar-refractivity contribution is 7.94. The molecular weight excluding hydrogens is 346 g/mol. The summed E-state index contributed by atoms with van der Waals surface area (Å²) < 4.78 is 27.6. The van der Waals surface area contributed by atoms with Crippen LogP contribution in [0.25, 0.3) is 10.4 Å². The highest BCUT2D eigenvalue weighted by Crippen LogP contribution is 2.32. The molecule has 0 unspecified atom stereocenters. The van der Waals surface area contributed by atoms with E-state index in [0.29, 0.717) is 10.0 Å². The van der Waals surface area contributed by atoms with E-state index >= 15 is 0 Å². The molecule has 0 aliphatic heterocycles. The predicted molar refractivity (Wildman–Crippen MR) is 89.9 cm³/mol. The zero-order valence-corrected chi connectivity index (χ0v) is 13.8. The molecule has 0 radical (unpaired) electrons. The van der Waals surface area contributed by atoms with Crippen molar-refractivity contribution in [1.29, 1.82) is 0 Å². The molecule has 3 nitrogen and oxygen atoms in total. The number of hydrogen-bond donors (Lipinski definition) is 1. The van der Waals surface area contributed by atoms with Crippen LogP contribution in [0.15, 0.2) is 58.1 Å². The van der Waals surface area contributed by atoms with Crippen molar-refractivity contribution in [3.8, 4) is 10.4 Å². The monoisotopic (exact) mass is 355 g/mol. The lowest BCUT2D eigenvalue weighted by molar-refractivity contribution is 0.603. The first kappa shape index (κ1) is 14.6. The molecular formula is C14H10ClNO2S3. The average Bonchev–Trinajstić information content (AvgIpc) is 3.09. The lowest BCUT2D eigenvalue weighted by Gasteiger charge is -2.03. The molecule has 0 fully saturated rings. The summed E-state index contributed by atoms with van der Waals surface area (Å²) in [6.07, 6.45) is 0. The van der Waals surface area contributed by atoms with Crippen LogP contribution in [0.5, 0.6) is 0 Å². The third-order valence-electron chi connectivity index (χ3n) is 2.72. The van der Waals surface area contributed by atoms with Crippen molar-refractivity contribution in [2.75, 3.05) is 4.72 Å². The lowest BCUT2D eigenvalue weighted by Crippen LogP contribution is -2.10. The van der Waals surface area contributed by atoms with E-state index in [1.807, 2.05) is 36.4 Å². The smallest absolute Gasteiger partial charge is 0.271 e. The highest BCUT2D eigenvalue weighted by Gasteiger charge is 2.17. The molecule has 0 bridgehead atoms. The van der Waals surface area contributed by atoms with Crippen LogP contribution in [0.2, 0.25) is 4.34 Å². The fraction of sp³-hybridized carbons (Fsp3) is 0. The van der Waals surface area contributed by atoms with Gasteiger partial charge in [0.2, 0.25) is 0 Å². The van der Waals surface area contributed by atoms with Gasteiger partial charge in [-0.15, -0.1) is 22.7 Å². The molecule has 7 heteroatoms. The predicted octanol–water partition coefficient (Wildman–Crippen LogP) is 4.93.